The zero-order chi connectivity index (χ0) is 20.1. The van der Waals surface area contributed by atoms with Crippen molar-refractivity contribution in [3.8, 4) is 0 Å². The van der Waals surface area contributed by atoms with E-state index < -0.39 is 0 Å². The van der Waals surface area contributed by atoms with Crippen LogP contribution < -0.4 is 0 Å². The van der Waals surface area contributed by atoms with Crippen molar-refractivity contribution in [2.45, 2.75) is 105 Å². The summed E-state index contributed by atoms with van der Waals surface area (Å²) in [6.07, 6.45) is 15.7. The van der Waals surface area contributed by atoms with Crippen LogP contribution in [-0.4, -0.2) is 12.1 Å². The van der Waals surface area contributed by atoms with Crippen molar-refractivity contribution >= 4 is 5.97 Å². The van der Waals surface area contributed by atoms with Crippen molar-refractivity contribution in [2.75, 3.05) is 0 Å². The van der Waals surface area contributed by atoms with Crippen molar-refractivity contribution in [3.05, 3.63) is 11.6 Å². The molecule has 3 fully saturated rings. The third-order valence-electron chi connectivity index (χ3n) is 9.90. The number of esters is 1. The van der Waals surface area contributed by atoms with E-state index in [0.29, 0.717) is 10.8 Å². The molecule has 158 valence electrons. The average molecular weight is 387 g/mol. The summed E-state index contributed by atoms with van der Waals surface area (Å²) < 4.78 is 5.59. The number of hydrogen-bond acceptors (Lipinski definition) is 2. The van der Waals surface area contributed by atoms with Gasteiger partial charge < -0.3 is 4.74 Å². The molecule has 0 aromatic rings. The Hall–Kier alpha value is -0.790. The first-order valence-electron chi connectivity index (χ1n) is 12.2. The number of carbonyl (C=O) groups excluding carboxylic acids is 1. The third kappa shape index (κ3) is 3.18. The van der Waals surface area contributed by atoms with Crippen LogP contribution in [0, 0.1) is 40.4 Å². The number of fused-ring (bicyclic) bond motifs is 5. The molecule has 0 saturated heterocycles. The Morgan fingerprint density at radius 1 is 1.18 bits per heavy atom. The second-order valence-electron chi connectivity index (χ2n) is 11.2. The van der Waals surface area contributed by atoms with Gasteiger partial charge in [-0.05, 0) is 85.4 Å². The van der Waals surface area contributed by atoms with E-state index in [1.165, 1.54) is 51.4 Å². The summed E-state index contributed by atoms with van der Waals surface area (Å²) in [5.74, 6) is 4.38. The summed E-state index contributed by atoms with van der Waals surface area (Å²) in [6.45, 7) is 11.6. The van der Waals surface area contributed by atoms with Gasteiger partial charge in [0.1, 0.15) is 6.10 Å². The van der Waals surface area contributed by atoms with E-state index in [0.717, 1.165) is 42.4 Å². The second-order valence-corrected chi connectivity index (χ2v) is 11.2. The van der Waals surface area contributed by atoms with Crippen molar-refractivity contribution in [1.82, 2.24) is 0 Å². The number of ether oxygens (including phenoxy) is 1. The molecule has 2 nitrogen and oxygen atoms in total. The maximum Gasteiger partial charge on any atom is 0.302 e. The lowest BCUT2D eigenvalue weighted by molar-refractivity contribution is -0.148. The molecule has 4 aliphatic rings. The number of carbonyl (C=O) groups is 1. The summed E-state index contributed by atoms with van der Waals surface area (Å²) in [5.41, 5.74) is 2.55. The normalized spacial score (nSPS) is 46.0. The van der Waals surface area contributed by atoms with E-state index in [2.05, 4.69) is 33.8 Å². The number of hydrogen-bond donors (Lipinski definition) is 0. The van der Waals surface area contributed by atoms with Gasteiger partial charge in [0.15, 0.2) is 0 Å². The Kier molecular flexibility index (Phi) is 5.47. The van der Waals surface area contributed by atoms with Crippen molar-refractivity contribution in [1.29, 1.82) is 0 Å². The molecule has 2 heteroatoms. The van der Waals surface area contributed by atoms with E-state index in [-0.39, 0.29) is 12.1 Å². The Morgan fingerprint density at radius 3 is 2.68 bits per heavy atom. The van der Waals surface area contributed by atoms with Crippen molar-refractivity contribution < 1.29 is 9.53 Å². The van der Waals surface area contributed by atoms with Gasteiger partial charge in [-0.2, -0.15) is 0 Å². The second kappa shape index (κ2) is 7.47. The Balaban J connectivity index is 1.54. The molecule has 8 atom stereocenters. The monoisotopic (exact) mass is 386 g/mol. The molecule has 0 unspecified atom stereocenters. The smallest absolute Gasteiger partial charge is 0.302 e. The first-order chi connectivity index (χ1) is 13.3. The SMILES string of the molecule is CCC[C@H](C)[C@H]1CC[C@H]2[C@H]3CC=C4C[C@@H](OC(C)=O)CC[C@]4(C)[C@@H]3CC[C@]12C. The zero-order valence-corrected chi connectivity index (χ0v) is 18.9. The minimum atomic E-state index is -0.116. The first-order valence-corrected chi connectivity index (χ1v) is 12.2. The van der Waals surface area contributed by atoms with Crippen LogP contribution in [0.1, 0.15) is 98.8 Å². The fourth-order valence-corrected chi connectivity index (χ4v) is 8.59. The third-order valence-corrected chi connectivity index (χ3v) is 9.90. The largest absolute Gasteiger partial charge is 0.462 e. The Bertz CT molecular complexity index is 636. The topological polar surface area (TPSA) is 26.3 Å². The van der Waals surface area contributed by atoms with Crippen LogP contribution >= 0.6 is 0 Å². The molecular formula is C26H42O2. The van der Waals surface area contributed by atoms with Gasteiger partial charge in [0, 0.05) is 13.3 Å². The van der Waals surface area contributed by atoms with Crippen molar-refractivity contribution in [2.24, 2.45) is 40.4 Å². The van der Waals surface area contributed by atoms with Gasteiger partial charge in [-0.3, -0.25) is 4.79 Å². The highest BCUT2D eigenvalue weighted by atomic mass is 16.5. The fourth-order valence-electron chi connectivity index (χ4n) is 8.59. The van der Waals surface area contributed by atoms with Crippen LogP contribution in [0.3, 0.4) is 0 Å². The van der Waals surface area contributed by atoms with Crippen molar-refractivity contribution in [3.63, 3.8) is 0 Å². The van der Waals surface area contributed by atoms with Crippen LogP contribution in [0.5, 0.6) is 0 Å². The summed E-state index contributed by atoms with van der Waals surface area (Å²) in [6, 6.07) is 0. The van der Waals surface area contributed by atoms with Crippen LogP contribution in [-0.2, 0) is 9.53 Å². The molecule has 0 aromatic carbocycles. The van der Waals surface area contributed by atoms with Gasteiger partial charge in [0.2, 0.25) is 0 Å². The first kappa shape index (κ1) is 20.5. The highest BCUT2D eigenvalue weighted by molar-refractivity contribution is 5.66. The maximum absolute atomic E-state index is 11.4. The van der Waals surface area contributed by atoms with E-state index in [9.17, 15) is 4.79 Å². The lowest BCUT2D eigenvalue weighted by Gasteiger charge is -2.58. The van der Waals surface area contributed by atoms with Gasteiger partial charge in [-0.25, -0.2) is 0 Å². The molecule has 0 radical (unpaired) electrons. The molecule has 4 aliphatic carbocycles. The summed E-state index contributed by atoms with van der Waals surface area (Å²) >= 11 is 0. The minimum Gasteiger partial charge on any atom is -0.462 e. The zero-order valence-electron chi connectivity index (χ0n) is 18.9. The van der Waals surface area contributed by atoms with Gasteiger partial charge in [0.25, 0.3) is 0 Å². The van der Waals surface area contributed by atoms with E-state index in [4.69, 9.17) is 4.74 Å². The lowest BCUT2D eigenvalue weighted by Crippen LogP contribution is -2.51. The maximum atomic E-state index is 11.4. The number of rotatable bonds is 4. The molecule has 0 amide bonds. The minimum absolute atomic E-state index is 0.116. The summed E-state index contributed by atoms with van der Waals surface area (Å²) in [4.78, 5) is 11.4. The molecule has 3 saturated carbocycles. The predicted molar refractivity (Wildman–Crippen MR) is 115 cm³/mol. The Labute approximate surface area is 172 Å². The molecule has 0 aromatic heterocycles. The Morgan fingerprint density at radius 2 is 1.96 bits per heavy atom. The molecular weight excluding hydrogens is 344 g/mol. The van der Waals surface area contributed by atoms with Gasteiger partial charge in [-0.1, -0.05) is 52.2 Å². The number of allylic oxidation sites excluding steroid dienone is 1. The molecule has 0 N–H and O–H groups in total. The molecule has 0 bridgehead atoms. The van der Waals surface area contributed by atoms with E-state index in [1.807, 2.05) is 0 Å². The van der Waals surface area contributed by atoms with Crippen LogP contribution in [0.25, 0.3) is 0 Å². The highest BCUT2D eigenvalue weighted by Gasteiger charge is 2.59. The van der Waals surface area contributed by atoms with Crippen LogP contribution in [0.4, 0.5) is 0 Å². The molecule has 0 heterocycles. The van der Waals surface area contributed by atoms with Gasteiger partial charge in [-0.15, -0.1) is 0 Å². The molecule has 28 heavy (non-hydrogen) atoms. The molecule has 0 aliphatic heterocycles. The summed E-state index contributed by atoms with van der Waals surface area (Å²) in [7, 11) is 0. The van der Waals surface area contributed by atoms with E-state index >= 15 is 0 Å². The van der Waals surface area contributed by atoms with E-state index in [1.54, 1.807) is 12.5 Å². The van der Waals surface area contributed by atoms with Crippen LogP contribution in [0.15, 0.2) is 11.6 Å². The molecule has 0 spiro atoms. The fraction of sp³-hybridized carbons (Fsp3) is 0.885. The summed E-state index contributed by atoms with van der Waals surface area (Å²) in [5, 5.41) is 0. The highest BCUT2D eigenvalue weighted by Crippen LogP contribution is 2.67. The lowest BCUT2D eigenvalue weighted by atomic mass is 9.47. The predicted octanol–water partition coefficient (Wildman–Crippen LogP) is 6.93. The quantitative estimate of drug-likeness (QED) is 0.386. The standard InChI is InChI=1S/C26H42O2/c1-6-7-17(2)22-10-11-23-21-9-8-19-16-20(28-18(3)27)12-14-25(19,4)24(21)13-15-26(22,23)5/h8,17,20-24H,6-7,9-16H2,1-5H3/t17-,20-,21+,22+,23-,24+,25-,26+/m0/s1. The average Bonchev–Trinajstić information content (AvgIpc) is 2.99. The van der Waals surface area contributed by atoms with Gasteiger partial charge in [0.05, 0.1) is 0 Å². The van der Waals surface area contributed by atoms with Crippen LogP contribution in [0.2, 0.25) is 0 Å². The van der Waals surface area contributed by atoms with Gasteiger partial charge >= 0.3 is 5.97 Å². The molecule has 4 rings (SSSR count).